The molecule has 9 heteroatoms. The predicted octanol–water partition coefficient (Wildman–Crippen LogP) is 4.66. The van der Waals surface area contributed by atoms with Crippen molar-refractivity contribution in [2.45, 2.75) is 25.5 Å². The Hall–Kier alpha value is -2.52. The molecule has 1 atom stereocenters. The Bertz CT molecular complexity index is 1450. The van der Waals surface area contributed by atoms with Crippen LogP contribution in [0.2, 0.25) is 5.02 Å². The van der Waals surface area contributed by atoms with Gasteiger partial charge in [0, 0.05) is 18.2 Å². The molecule has 0 bridgehead atoms. The molecule has 32 heavy (non-hydrogen) atoms. The van der Waals surface area contributed by atoms with Crippen LogP contribution in [0.15, 0.2) is 53.3 Å². The van der Waals surface area contributed by atoms with Crippen LogP contribution in [0.25, 0.3) is 27.0 Å². The monoisotopic (exact) mass is 485 g/mol. The number of nitrogens with one attached hydrogen (secondary N) is 1. The first kappa shape index (κ1) is 21.3. The number of fused-ring (bicyclic) bond motifs is 3. The quantitative estimate of drug-likeness (QED) is 0.417. The molecule has 2 aromatic carbocycles. The molecule has 0 unspecified atom stereocenters. The molecule has 1 N–H and O–H groups in total. The van der Waals surface area contributed by atoms with Crippen molar-refractivity contribution in [3.63, 3.8) is 0 Å². The number of ether oxygens (including phenoxy) is 1. The van der Waals surface area contributed by atoms with Crippen LogP contribution in [0, 0.1) is 3.95 Å². The van der Waals surface area contributed by atoms with Crippen molar-refractivity contribution in [3.8, 4) is 10.4 Å². The maximum Gasteiger partial charge on any atom is 0.262 e. The van der Waals surface area contributed by atoms with Gasteiger partial charge in [-0.3, -0.25) is 18.6 Å². The average molecular weight is 486 g/mol. The molecular weight excluding hydrogens is 466 g/mol. The summed E-state index contributed by atoms with van der Waals surface area (Å²) in [4.78, 5) is 27.1. The van der Waals surface area contributed by atoms with Crippen molar-refractivity contribution < 1.29 is 9.53 Å². The number of halogens is 1. The summed E-state index contributed by atoms with van der Waals surface area (Å²) >= 11 is 13.3. The van der Waals surface area contributed by atoms with E-state index in [1.807, 2.05) is 40.8 Å². The smallest absolute Gasteiger partial charge is 0.262 e. The van der Waals surface area contributed by atoms with Gasteiger partial charge in [-0.2, -0.15) is 0 Å². The number of rotatable bonds is 5. The number of carbonyl (C=O) groups is 1. The van der Waals surface area contributed by atoms with Gasteiger partial charge in [0.2, 0.25) is 5.91 Å². The SMILES string of the molecule is O=C(Cn1c(=O)c2ccccc2n2c(=S)sc(-c3cccc(Cl)c3)c12)NC[C@@H]1CCCO1. The number of thiazole rings is 1. The maximum absolute atomic E-state index is 13.5. The molecule has 0 radical (unpaired) electrons. The molecule has 1 fully saturated rings. The second kappa shape index (κ2) is 8.78. The van der Waals surface area contributed by atoms with Crippen LogP contribution in [-0.2, 0) is 16.1 Å². The molecule has 1 aliphatic rings. The molecule has 4 aromatic rings. The molecule has 0 aliphatic carbocycles. The van der Waals surface area contributed by atoms with Crippen LogP contribution in [0.4, 0.5) is 0 Å². The van der Waals surface area contributed by atoms with E-state index in [0.29, 0.717) is 26.6 Å². The molecule has 1 aliphatic heterocycles. The van der Waals surface area contributed by atoms with Crippen LogP contribution >= 0.6 is 35.2 Å². The number of benzene rings is 2. The van der Waals surface area contributed by atoms with E-state index >= 15 is 0 Å². The Morgan fingerprint density at radius 2 is 2.09 bits per heavy atom. The fraction of sp³-hybridized carbons (Fsp3) is 0.261. The number of nitrogens with zero attached hydrogens (tertiary/aromatic N) is 2. The zero-order valence-corrected chi connectivity index (χ0v) is 19.4. The van der Waals surface area contributed by atoms with Crippen molar-refractivity contribution in [3.05, 3.63) is 67.9 Å². The second-order valence-electron chi connectivity index (χ2n) is 7.71. The highest BCUT2D eigenvalue weighted by Gasteiger charge is 2.21. The van der Waals surface area contributed by atoms with Gasteiger partial charge in [-0.1, -0.05) is 35.9 Å². The number of carbonyl (C=O) groups excluding carboxylic acids is 1. The second-order valence-corrected chi connectivity index (χ2v) is 9.79. The number of hydrogen-bond donors (Lipinski definition) is 1. The molecule has 0 saturated carbocycles. The minimum atomic E-state index is -0.242. The third kappa shape index (κ3) is 3.88. The lowest BCUT2D eigenvalue weighted by atomic mass is 10.2. The lowest BCUT2D eigenvalue weighted by Gasteiger charge is -2.15. The van der Waals surface area contributed by atoms with Crippen molar-refractivity contribution in [1.29, 1.82) is 0 Å². The van der Waals surface area contributed by atoms with E-state index < -0.39 is 0 Å². The van der Waals surface area contributed by atoms with Gasteiger partial charge in [0.1, 0.15) is 12.2 Å². The highest BCUT2D eigenvalue weighted by Crippen LogP contribution is 2.34. The Labute approximate surface area is 198 Å². The van der Waals surface area contributed by atoms with Gasteiger partial charge in [0.05, 0.1) is 21.9 Å². The Balaban J connectivity index is 1.67. The zero-order valence-electron chi connectivity index (χ0n) is 17.0. The van der Waals surface area contributed by atoms with Crippen molar-refractivity contribution >= 4 is 57.6 Å². The van der Waals surface area contributed by atoms with E-state index in [0.717, 1.165) is 35.4 Å². The topological polar surface area (TPSA) is 64.7 Å². The van der Waals surface area contributed by atoms with Gasteiger partial charge in [-0.15, -0.1) is 11.3 Å². The van der Waals surface area contributed by atoms with Gasteiger partial charge in [0.15, 0.2) is 3.95 Å². The molecule has 0 spiro atoms. The summed E-state index contributed by atoms with van der Waals surface area (Å²) in [7, 11) is 0. The molecule has 1 amide bonds. The van der Waals surface area contributed by atoms with Crippen LogP contribution in [0.5, 0.6) is 0 Å². The summed E-state index contributed by atoms with van der Waals surface area (Å²) < 4.78 is 9.57. The van der Waals surface area contributed by atoms with Gasteiger partial charge in [-0.25, -0.2) is 0 Å². The maximum atomic E-state index is 13.5. The van der Waals surface area contributed by atoms with E-state index in [4.69, 9.17) is 28.6 Å². The summed E-state index contributed by atoms with van der Waals surface area (Å²) in [6.07, 6.45) is 1.96. The van der Waals surface area contributed by atoms with Crippen LogP contribution < -0.4 is 10.9 Å². The van der Waals surface area contributed by atoms with Crippen molar-refractivity contribution in [2.24, 2.45) is 0 Å². The van der Waals surface area contributed by atoms with Crippen molar-refractivity contribution in [1.82, 2.24) is 14.3 Å². The Morgan fingerprint density at radius 1 is 1.25 bits per heavy atom. The first-order valence-electron chi connectivity index (χ1n) is 10.3. The summed E-state index contributed by atoms with van der Waals surface area (Å²) in [5.41, 5.74) is 1.93. The fourth-order valence-electron chi connectivity index (χ4n) is 4.11. The van der Waals surface area contributed by atoms with Gasteiger partial charge >= 0.3 is 0 Å². The molecule has 5 rings (SSSR count). The van der Waals surface area contributed by atoms with E-state index in [1.165, 1.54) is 15.9 Å². The highest BCUT2D eigenvalue weighted by atomic mass is 35.5. The number of hydrogen-bond acceptors (Lipinski definition) is 5. The number of aromatic nitrogens is 2. The molecule has 2 aromatic heterocycles. The molecule has 6 nitrogen and oxygen atoms in total. The largest absolute Gasteiger partial charge is 0.376 e. The molecule has 1 saturated heterocycles. The molecular formula is C23H20ClN3O3S2. The van der Waals surface area contributed by atoms with Crippen LogP contribution in [-0.4, -0.2) is 34.1 Å². The minimum absolute atomic E-state index is 0.0316. The fourth-order valence-corrected chi connectivity index (χ4v) is 5.72. The highest BCUT2D eigenvalue weighted by molar-refractivity contribution is 7.73. The van der Waals surface area contributed by atoms with Gasteiger partial charge < -0.3 is 10.1 Å². The third-order valence-corrected chi connectivity index (χ3v) is 7.25. The van der Waals surface area contributed by atoms with Crippen LogP contribution in [0.1, 0.15) is 12.8 Å². The predicted molar refractivity (Wildman–Crippen MR) is 130 cm³/mol. The zero-order chi connectivity index (χ0) is 22.2. The Kier molecular flexibility index (Phi) is 5.86. The van der Waals surface area contributed by atoms with Crippen molar-refractivity contribution in [2.75, 3.05) is 13.2 Å². The molecule has 3 heterocycles. The lowest BCUT2D eigenvalue weighted by molar-refractivity contribution is -0.122. The summed E-state index contributed by atoms with van der Waals surface area (Å²) in [6.45, 7) is 1.05. The summed E-state index contributed by atoms with van der Waals surface area (Å²) in [6, 6.07) is 14.7. The van der Waals surface area contributed by atoms with E-state index in [-0.39, 0.29) is 24.1 Å². The third-order valence-electron chi connectivity index (χ3n) is 5.60. The minimum Gasteiger partial charge on any atom is -0.376 e. The lowest BCUT2D eigenvalue weighted by Crippen LogP contribution is -2.37. The first-order valence-corrected chi connectivity index (χ1v) is 11.9. The normalized spacial score (nSPS) is 16.1. The van der Waals surface area contributed by atoms with Crippen LogP contribution in [0.3, 0.4) is 0 Å². The van der Waals surface area contributed by atoms with E-state index in [2.05, 4.69) is 5.32 Å². The standard InChI is InChI=1S/C23H20ClN3O3S2/c24-15-6-3-5-14(11-15)20-21-26(13-19(28)25-12-16-7-4-10-30-16)22(29)17-8-1-2-9-18(17)27(21)23(31)32-20/h1-3,5-6,8-9,11,16H,4,7,10,12-13H2,(H,25,28)/t16-/m0/s1. The summed E-state index contributed by atoms with van der Waals surface area (Å²) in [5, 5.41) is 4.01. The first-order chi connectivity index (χ1) is 15.5. The number of amides is 1. The summed E-state index contributed by atoms with van der Waals surface area (Å²) in [5.74, 6) is -0.242. The van der Waals surface area contributed by atoms with Gasteiger partial charge in [0.25, 0.3) is 5.56 Å². The van der Waals surface area contributed by atoms with Gasteiger partial charge in [-0.05, 0) is 54.9 Å². The average Bonchev–Trinajstić information content (AvgIpc) is 3.43. The van der Waals surface area contributed by atoms with E-state index in [9.17, 15) is 9.59 Å². The number of para-hydroxylation sites is 1. The Morgan fingerprint density at radius 3 is 2.88 bits per heavy atom. The van der Waals surface area contributed by atoms with E-state index in [1.54, 1.807) is 12.1 Å². The molecule has 164 valence electrons.